The second-order valence-electron chi connectivity index (χ2n) is 1.15. The van der Waals surface area contributed by atoms with E-state index < -0.39 is 0 Å². The zero-order chi connectivity index (χ0) is 5.70. The number of rotatable bonds is 2. The molecule has 0 aliphatic carbocycles. The lowest BCUT2D eigenvalue weighted by atomic mass is 10.3. The molecule has 1 nitrogen and oxygen atoms in total. The number of alkyl halides is 1. The fourth-order valence-electron chi connectivity index (χ4n) is 0.170. The topological polar surface area (TPSA) is 23.8 Å². The van der Waals surface area contributed by atoms with Crippen molar-refractivity contribution in [2.24, 2.45) is 0 Å². The minimum Gasteiger partial charge on any atom is -0.193 e. The molecule has 0 fully saturated rings. The van der Waals surface area contributed by atoms with Crippen molar-refractivity contribution in [2.45, 2.75) is 6.42 Å². The van der Waals surface area contributed by atoms with Gasteiger partial charge in [-0.05, 0) is 6.42 Å². The van der Waals surface area contributed by atoms with Crippen molar-refractivity contribution in [3.8, 4) is 6.07 Å². The van der Waals surface area contributed by atoms with Crippen molar-refractivity contribution in [1.29, 1.82) is 5.26 Å². The second-order valence-corrected chi connectivity index (χ2v) is 1.95. The minimum absolute atomic E-state index is 0.636. The Balaban J connectivity index is 3.24. The maximum atomic E-state index is 8.10. The van der Waals surface area contributed by atoms with Crippen LogP contribution in [0.4, 0.5) is 0 Å². The van der Waals surface area contributed by atoms with Gasteiger partial charge in [0.2, 0.25) is 0 Å². The van der Waals surface area contributed by atoms with Crippen LogP contribution < -0.4 is 0 Å². The summed E-state index contributed by atoms with van der Waals surface area (Å²) in [5.41, 5.74) is 0.636. The predicted molar refractivity (Wildman–Crippen MR) is 33.2 cm³/mol. The maximum absolute atomic E-state index is 8.10. The van der Waals surface area contributed by atoms with Gasteiger partial charge in [-0.15, -0.1) is 0 Å². The normalized spacial score (nSPS) is 7.43. The van der Waals surface area contributed by atoms with Crippen molar-refractivity contribution < 1.29 is 0 Å². The first-order chi connectivity index (χ1) is 3.31. The molecule has 0 aliphatic heterocycles. The predicted octanol–water partition coefficient (Wildman–Crippen LogP) is 1.85. The minimum atomic E-state index is 0.636. The van der Waals surface area contributed by atoms with Gasteiger partial charge in [-0.3, -0.25) is 0 Å². The highest BCUT2D eigenvalue weighted by atomic mass is 79.9. The second kappa shape index (κ2) is 3.89. The van der Waals surface area contributed by atoms with Gasteiger partial charge in [-0.2, -0.15) is 5.26 Å². The highest BCUT2D eigenvalue weighted by molar-refractivity contribution is 9.09. The Morgan fingerprint density at radius 3 is 2.57 bits per heavy atom. The van der Waals surface area contributed by atoms with E-state index in [0.717, 1.165) is 11.8 Å². The van der Waals surface area contributed by atoms with Crippen molar-refractivity contribution >= 4 is 15.9 Å². The molecule has 0 aliphatic rings. The van der Waals surface area contributed by atoms with Crippen LogP contribution >= 0.6 is 15.9 Å². The van der Waals surface area contributed by atoms with Crippen molar-refractivity contribution in [1.82, 2.24) is 0 Å². The smallest absolute Gasteiger partial charge is 0.0941 e. The first-order valence-electron chi connectivity index (χ1n) is 1.95. The van der Waals surface area contributed by atoms with Gasteiger partial charge in [0.05, 0.1) is 6.07 Å². The third-order valence-electron chi connectivity index (χ3n) is 0.554. The molecule has 7 heavy (non-hydrogen) atoms. The maximum Gasteiger partial charge on any atom is 0.0941 e. The van der Waals surface area contributed by atoms with E-state index in [0.29, 0.717) is 5.57 Å². The molecule has 0 spiro atoms. The van der Waals surface area contributed by atoms with Crippen LogP contribution in [0, 0.1) is 11.3 Å². The lowest BCUT2D eigenvalue weighted by Gasteiger charge is -1.82. The van der Waals surface area contributed by atoms with E-state index in [2.05, 4.69) is 22.5 Å². The summed E-state index contributed by atoms with van der Waals surface area (Å²) in [4.78, 5) is 0. The van der Waals surface area contributed by atoms with Crippen LogP contribution in [0.25, 0.3) is 0 Å². The third-order valence-corrected chi connectivity index (χ3v) is 0.951. The fraction of sp³-hybridized carbons (Fsp3) is 0.400. The standard InChI is InChI=1S/C5H6BrN/c1-5(4-7)2-3-6/h1-3H2. The van der Waals surface area contributed by atoms with E-state index >= 15 is 0 Å². The van der Waals surface area contributed by atoms with Gasteiger partial charge in [0.15, 0.2) is 0 Å². The van der Waals surface area contributed by atoms with E-state index in [-0.39, 0.29) is 0 Å². The van der Waals surface area contributed by atoms with E-state index in [9.17, 15) is 0 Å². The highest BCUT2D eigenvalue weighted by Gasteiger charge is 1.84. The molecule has 0 unspecified atom stereocenters. The Labute approximate surface area is 51.8 Å². The molecule has 0 rings (SSSR count). The molecule has 0 aromatic heterocycles. The van der Waals surface area contributed by atoms with E-state index in [1.807, 2.05) is 6.07 Å². The molecule has 0 bridgehead atoms. The Hall–Kier alpha value is -0.290. The molecule has 0 saturated carbocycles. The zero-order valence-electron chi connectivity index (χ0n) is 3.95. The summed E-state index contributed by atoms with van der Waals surface area (Å²) in [5.74, 6) is 0. The van der Waals surface area contributed by atoms with Crippen molar-refractivity contribution in [2.75, 3.05) is 5.33 Å². The average Bonchev–Trinajstić information content (AvgIpc) is 1.68. The third kappa shape index (κ3) is 3.54. The zero-order valence-corrected chi connectivity index (χ0v) is 5.53. The van der Waals surface area contributed by atoms with Crippen LogP contribution in [0.15, 0.2) is 12.2 Å². The molecule has 0 heterocycles. The largest absolute Gasteiger partial charge is 0.193 e. The molecule has 0 radical (unpaired) electrons. The lowest BCUT2D eigenvalue weighted by Crippen LogP contribution is -1.74. The molecule has 0 aromatic carbocycles. The van der Waals surface area contributed by atoms with Crippen LogP contribution in [0.1, 0.15) is 6.42 Å². The van der Waals surface area contributed by atoms with Crippen LogP contribution in [0.2, 0.25) is 0 Å². The summed E-state index contributed by atoms with van der Waals surface area (Å²) in [7, 11) is 0. The van der Waals surface area contributed by atoms with Gasteiger partial charge in [-0.1, -0.05) is 22.5 Å². The number of nitriles is 1. The number of hydrogen-bond donors (Lipinski definition) is 0. The van der Waals surface area contributed by atoms with Crippen molar-refractivity contribution in [3.63, 3.8) is 0 Å². The van der Waals surface area contributed by atoms with Gasteiger partial charge >= 0.3 is 0 Å². The van der Waals surface area contributed by atoms with Crippen molar-refractivity contribution in [3.05, 3.63) is 12.2 Å². The summed E-state index contributed by atoms with van der Waals surface area (Å²) >= 11 is 3.18. The molecule has 0 saturated heterocycles. The van der Waals surface area contributed by atoms with Crippen LogP contribution in [-0.2, 0) is 0 Å². The van der Waals surface area contributed by atoms with Gasteiger partial charge in [0.25, 0.3) is 0 Å². The Kier molecular flexibility index (Phi) is 3.72. The molecule has 0 atom stereocenters. The molecular weight excluding hydrogens is 154 g/mol. The summed E-state index contributed by atoms with van der Waals surface area (Å²) in [5, 5.41) is 8.93. The summed E-state index contributed by atoms with van der Waals surface area (Å²) in [6, 6.07) is 1.94. The first kappa shape index (κ1) is 6.71. The molecular formula is C5H6BrN. The highest BCUT2D eigenvalue weighted by Crippen LogP contribution is 1.96. The Morgan fingerprint density at radius 2 is 2.43 bits per heavy atom. The summed E-state index contributed by atoms with van der Waals surface area (Å²) in [6.07, 6.45) is 0.760. The summed E-state index contributed by atoms with van der Waals surface area (Å²) in [6.45, 7) is 3.47. The van der Waals surface area contributed by atoms with Crippen LogP contribution in [0.3, 0.4) is 0 Å². The fourth-order valence-corrected chi connectivity index (χ4v) is 0.649. The molecule has 0 aromatic rings. The molecule has 0 N–H and O–H groups in total. The average molecular weight is 160 g/mol. The van der Waals surface area contributed by atoms with Crippen LogP contribution in [0.5, 0.6) is 0 Å². The Morgan fingerprint density at radius 1 is 1.86 bits per heavy atom. The molecule has 2 heteroatoms. The van der Waals surface area contributed by atoms with Gasteiger partial charge in [0.1, 0.15) is 0 Å². The summed E-state index contributed by atoms with van der Waals surface area (Å²) < 4.78 is 0. The van der Waals surface area contributed by atoms with Gasteiger partial charge < -0.3 is 0 Å². The lowest BCUT2D eigenvalue weighted by molar-refractivity contribution is 1.19. The number of hydrogen-bond acceptors (Lipinski definition) is 1. The van der Waals surface area contributed by atoms with E-state index in [1.165, 1.54) is 0 Å². The monoisotopic (exact) mass is 159 g/mol. The van der Waals surface area contributed by atoms with Crippen LogP contribution in [-0.4, -0.2) is 5.33 Å². The number of nitrogens with zero attached hydrogens (tertiary/aromatic N) is 1. The van der Waals surface area contributed by atoms with Gasteiger partial charge in [0, 0.05) is 10.9 Å². The van der Waals surface area contributed by atoms with E-state index in [1.54, 1.807) is 0 Å². The quantitative estimate of drug-likeness (QED) is 0.446. The SMILES string of the molecule is C=C(C#N)CCBr. The number of halogens is 1. The first-order valence-corrected chi connectivity index (χ1v) is 3.07. The van der Waals surface area contributed by atoms with E-state index in [4.69, 9.17) is 5.26 Å². The Bertz CT molecular complexity index is 101. The molecule has 38 valence electrons. The number of allylic oxidation sites excluding steroid dienone is 1. The van der Waals surface area contributed by atoms with Gasteiger partial charge in [-0.25, -0.2) is 0 Å². The molecule has 0 amide bonds.